The standard InChI is InChI=1S/C9H10FNOS/c10-7-1-2-9-6(3-7)4-8(13-9)5-12-11/h1-3,8H,4-5,11H2. The number of nitrogens with two attached hydrogens (primary N) is 1. The van der Waals surface area contributed by atoms with E-state index in [2.05, 4.69) is 4.84 Å². The molecule has 0 spiro atoms. The molecule has 2 rings (SSSR count). The first kappa shape index (κ1) is 8.99. The summed E-state index contributed by atoms with van der Waals surface area (Å²) in [6.07, 6.45) is 0.842. The summed E-state index contributed by atoms with van der Waals surface area (Å²) in [5.74, 6) is 4.81. The van der Waals surface area contributed by atoms with Crippen molar-refractivity contribution in [2.45, 2.75) is 16.6 Å². The highest BCUT2D eigenvalue weighted by molar-refractivity contribution is 8.00. The van der Waals surface area contributed by atoms with Crippen LogP contribution in [0.3, 0.4) is 0 Å². The Morgan fingerprint density at radius 2 is 2.46 bits per heavy atom. The Hall–Kier alpha value is -0.580. The first-order valence-corrected chi connectivity index (χ1v) is 4.94. The fourth-order valence-corrected chi connectivity index (χ4v) is 2.70. The molecule has 1 aliphatic heterocycles. The fraction of sp³-hybridized carbons (Fsp3) is 0.333. The minimum atomic E-state index is -0.173. The monoisotopic (exact) mass is 199 g/mol. The maximum atomic E-state index is 12.8. The van der Waals surface area contributed by atoms with Crippen molar-refractivity contribution in [3.63, 3.8) is 0 Å². The van der Waals surface area contributed by atoms with Gasteiger partial charge in [0.1, 0.15) is 5.82 Å². The van der Waals surface area contributed by atoms with Gasteiger partial charge in [0.15, 0.2) is 0 Å². The van der Waals surface area contributed by atoms with Gasteiger partial charge in [0.05, 0.1) is 6.61 Å². The predicted octanol–water partition coefficient (Wildman–Crippen LogP) is 1.73. The lowest BCUT2D eigenvalue weighted by Crippen LogP contribution is -2.14. The normalized spacial score (nSPS) is 20.3. The van der Waals surface area contributed by atoms with E-state index < -0.39 is 0 Å². The van der Waals surface area contributed by atoms with Crippen molar-refractivity contribution < 1.29 is 9.23 Å². The quantitative estimate of drug-likeness (QED) is 0.737. The first-order valence-electron chi connectivity index (χ1n) is 4.06. The van der Waals surface area contributed by atoms with Crippen LogP contribution in [-0.2, 0) is 11.3 Å². The van der Waals surface area contributed by atoms with E-state index in [0.29, 0.717) is 11.9 Å². The molecular weight excluding hydrogens is 189 g/mol. The Morgan fingerprint density at radius 3 is 3.23 bits per heavy atom. The van der Waals surface area contributed by atoms with E-state index in [-0.39, 0.29) is 5.82 Å². The van der Waals surface area contributed by atoms with Crippen molar-refractivity contribution in [2.24, 2.45) is 5.90 Å². The third-order valence-corrected chi connectivity index (χ3v) is 3.33. The third-order valence-electron chi connectivity index (χ3n) is 2.05. The number of hydrogen-bond donors (Lipinski definition) is 1. The average Bonchev–Trinajstić information content (AvgIpc) is 2.46. The van der Waals surface area contributed by atoms with Gasteiger partial charge in [0, 0.05) is 10.1 Å². The van der Waals surface area contributed by atoms with Crippen LogP contribution < -0.4 is 5.90 Å². The molecule has 4 heteroatoms. The summed E-state index contributed by atoms with van der Waals surface area (Å²) in [4.78, 5) is 5.71. The SMILES string of the molecule is NOCC1Cc2cc(F)ccc2S1. The topological polar surface area (TPSA) is 35.2 Å². The zero-order valence-electron chi connectivity index (χ0n) is 7.00. The van der Waals surface area contributed by atoms with E-state index >= 15 is 0 Å². The van der Waals surface area contributed by atoms with Crippen LogP contribution in [0.25, 0.3) is 0 Å². The molecule has 1 aromatic carbocycles. The molecule has 1 aliphatic rings. The molecule has 1 atom stereocenters. The molecule has 2 nitrogen and oxygen atoms in total. The summed E-state index contributed by atoms with van der Waals surface area (Å²) in [6, 6.07) is 4.88. The maximum absolute atomic E-state index is 12.8. The lowest BCUT2D eigenvalue weighted by Gasteiger charge is -2.03. The van der Waals surface area contributed by atoms with Crippen molar-refractivity contribution in [3.05, 3.63) is 29.6 Å². The van der Waals surface area contributed by atoms with Crippen molar-refractivity contribution in [2.75, 3.05) is 6.61 Å². The van der Waals surface area contributed by atoms with Crippen LogP contribution in [0.15, 0.2) is 23.1 Å². The average molecular weight is 199 g/mol. The minimum Gasteiger partial charge on any atom is -0.303 e. The van der Waals surface area contributed by atoms with E-state index in [9.17, 15) is 4.39 Å². The molecule has 2 N–H and O–H groups in total. The Balaban J connectivity index is 2.16. The van der Waals surface area contributed by atoms with E-state index in [0.717, 1.165) is 16.9 Å². The van der Waals surface area contributed by atoms with E-state index in [1.54, 1.807) is 17.8 Å². The molecule has 0 amide bonds. The van der Waals surface area contributed by atoms with Crippen LogP contribution in [0.2, 0.25) is 0 Å². The van der Waals surface area contributed by atoms with Gasteiger partial charge in [0.2, 0.25) is 0 Å². The lowest BCUT2D eigenvalue weighted by molar-refractivity contribution is 0.139. The van der Waals surface area contributed by atoms with E-state index in [1.807, 2.05) is 6.07 Å². The van der Waals surface area contributed by atoms with Gasteiger partial charge >= 0.3 is 0 Å². The van der Waals surface area contributed by atoms with Crippen LogP contribution in [0, 0.1) is 5.82 Å². The molecule has 1 unspecified atom stereocenters. The van der Waals surface area contributed by atoms with Crippen LogP contribution in [-0.4, -0.2) is 11.9 Å². The Kier molecular flexibility index (Phi) is 2.53. The van der Waals surface area contributed by atoms with Crippen LogP contribution >= 0.6 is 11.8 Å². The first-order chi connectivity index (χ1) is 6.29. The zero-order valence-corrected chi connectivity index (χ0v) is 7.81. The zero-order chi connectivity index (χ0) is 9.26. The Bertz CT molecular complexity index is 318. The van der Waals surface area contributed by atoms with Gasteiger partial charge in [-0.3, -0.25) is 0 Å². The maximum Gasteiger partial charge on any atom is 0.123 e. The number of benzene rings is 1. The smallest absolute Gasteiger partial charge is 0.123 e. The molecule has 1 heterocycles. The summed E-state index contributed by atoms with van der Waals surface area (Å²) < 4.78 is 12.8. The van der Waals surface area contributed by atoms with Crippen LogP contribution in [0.5, 0.6) is 0 Å². The molecule has 0 radical (unpaired) electrons. The Morgan fingerprint density at radius 1 is 1.62 bits per heavy atom. The molecule has 0 bridgehead atoms. The highest BCUT2D eigenvalue weighted by Crippen LogP contribution is 2.37. The van der Waals surface area contributed by atoms with E-state index in [1.165, 1.54) is 6.07 Å². The molecule has 0 aromatic heterocycles. The number of hydrogen-bond acceptors (Lipinski definition) is 3. The third kappa shape index (κ3) is 1.85. The second-order valence-electron chi connectivity index (χ2n) is 3.03. The molecule has 0 fully saturated rings. The predicted molar refractivity (Wildman–Crippen MR) is 49.9 cm³/mol. The highest BCUT2D eigenvalue weighted by Gasteiger charge is 2.22. The van der Waals surface area contributed by atoms with Gasteiger partial charge in [-0.1, -0.05) is 0 Å². The van der Waals surface area contributed by atoms with Gasteiger partial charge in [-0.25, -0.2) is 10.3 Å². The van der Waals surface area contributed by atoms with Crippen LogP contribution in [0.4, 0.5) is 4.39 Å². The van der Waals surface area contributed by atoms with Crippen molar-refractivity contribution in [3.8, 4) is 0 Å². The molecule has 1 aromatic rings. The number of rotatable bonds is 2. The highest BCUT2D eigenvalue weighted by atomic mass is 32.2. The Labute approximate surface area is 80.2 Å². The largest absolute Gasteiger partial charge is 0.303 e. The summed E-state index contributed by atoms with van der Waals surface area (Å²) in [5, 5.41) is 0.335. The minimum absolute atomic E-state index is 0.173. The second kappa shape index (κ2) is 3.65. The molecule has 13 heavy (non-hydrogen) atoms. The number of halogens is 1. The van der Waals surface area contributed by atoms with Crippen molar-refractivity contribution in [1.82, 2.24) is 0 Å². The van der Waals surface area contributed by atoms with Gasteiger partial charge in [-0.05, 0) is 30.2 Å². The summed E-state index contributed by atoms with van der Waals surface area (Å²) in [7, 11) is 0. The van der Waals surface area contributed by atoms with Gasteiger partial charge in [-0.15, -0.1) is 11.8 Å². The molecule has 0 saturated heterocycles. The van der Waals surface area contributed by atoms with Crippen molar-refractivity contribution >= 4 is 11.8 Å². The van der Waals surface area contributed by atoms with Crippen molar-refractivity contribution in [1.29, 1.82) is 0 Å². The van der Waals surface area contributed by atoms with Crippen LogP contribution in [0.1, 0.15) is 5.56 Å². The molecule has 0 saturated carbocycles. The van der Waals surface area contributed by atoms with Gasteiger partial charge in [-0.2, -0.15) is 0 Å². The lowest BCUT2D eigenvalue weighted by atomic mass is 10.1. The number of fused-ring (bicyclic) bond motifs is 1. The molecule has 70 valence electrons. The van der Waals surface area contributed by atoms with Gasteiger partial charge in [0.25, 0.3) is 0 Å². The van der Waals surface area contributed by atoms with E-state index in [4.69, 9.17) is 5.90 Å². The fourth-order valence-electron chi connectivity index (χ4n) is 1.49. The molecular formula is C9H10FNOS. The summed E-state index contributed by atoms with van der Waals surface area (Å²) in [6.45, 7) is 0.515. The van der Waals surface area contributed by atoms with Gasteiger partial charge < -0.3 is 4.84 Å². The molecule has 0 aliphatic carbocycles. The second-order valence-corrected chi connectivity index (χ2v) is 4.37. The summed E-state index contributed by atoms with van der Waals surface area (Å²) in [5.41, 5.74) is 1.06. The summed E-state index contributed by atoms with van der Waals surface area (Å²) >= 11 is 1.70. The number of thioether (sulfide) groups is 1.